The van der Waals surface area contributed by atoms with E-state index < -0.39 is 4.92 Å². The molecule has 130 valence electrons. The lowest BCUT2D eigenvalue weighted by Crippen LogP contribution is -2.30. The summed E-state index contributed by atoms with van der Waals surface area (Å²) in [6.45, 7) is 1.87. The smallest absolute Gasteiger partial charge is 0.270 e. The van der Waals surface area contributed by atoms with Crippen LogP contribution in [-0.2, 0) is 0 Å². The van der Waals surface area contributed by atoms with Gasteiger partial charge in [0.15, 0.2) is 0 Å². The third-order valence-corrected chi connectivity index (χ3v) is 4.80. The van der Waals surface area contributed by atoms with Gasteiger partial charge in [-0.3, -0.25) is 15.1 Å². The molecule has 0 bridgehead atoms. The summed E-state index contributed by atoms with van der Waals surface area (Å²) in [5.41, 5.74) is 2.12. The van der Waals surface area contributed by atoms with Crippen molar-refractivity contribution in [2.24, 2.45) is 4.99 Å². The van der Waals surface area contributed by atoms with E-state index in [1.165, 1.54) is 18.6 Å². The van der Waals surface area contributed by atoms with Gasteiger partial charge in [-0.2, -0.15) is 0 Å². The van der Waals surface area contributed by atoms with Crippen LogP contribution in [0.5, 0.6) is 0 Å². The average Bonchev–Trinajstić information content (AvgIpc) is 2.62. The van der Waals surface area contributed by atoms with Crippen molar-refractivity contribution in [3.63, 3.8) is 0 Å². The van der Waals surface area contributed by atoms with E-state index in [-0.39, 0.29) is 5.69 Å². The highest BCUT2D eigenvalue weighted by Crippen LogP contribution is 2.33. The predicted molar refractivity (Wildman–Crippen MR) is 103 cm³/mol. The van der Waals surface area contributed by atoms with Crippen LogP contribution in [0, 0.1) is 10.1 Å². The van der Waals surface area contributed by atoms with Crippen LogP contribution < -0.4 is 4.90 Å². The normalized spacial score (nSPS) is 14.9. The number of aliphatic imine (C=N–C) groups is 1. The third kappa shape index (κ3) is 4.11. The zero-order valence-electron chi connectivity index (χ0n) is 13.5. The zero-order valence-corrected chi connectivity index (χ0v) is 15.0. The van der Waals surface area contributed by atoms with Crippen LogP contribution in [0.25, 0.3) is 0 Å². The fourth-order valence-corrected chi connectivity index (χ4v) is 3.42. The van der Waals surface area contributed by atoms with E-state index in [1.54, 1.807) is 30.5 Å². The molecule has 0 radical (unpaired) electrons. The van der Waals surface area contributed by atoms with Crippen molar-refractivity contribution >= 4 is 46.5 Å². The molecule has 0 N–H and O–H groups in total. The van der Waals surface area contributed by atoms with E-state index in [2.05, 4.69) is 9.89 Å². The topological polar surface area (TPSA) is 58.7 Å². The van der Waals surface area contributed by atoms with Crippen molar-refractivity contribution in [1.29, 1.82) is 0 Å². The first kappa shape index (κ1) is 17.7. The molecule has 1 heterocycles. The number of hydrogen-bond donors (Lipinski definition) is 0. The number of hydrogen-bond acceptors (Lipinski definition) is 4. The molecule has 0 amide bonds. The molecular weight excluding hydrogens is 361 g/mol. The average molecular weight is 378 g/mol. The first-order chi connectivity index (χ1) is 12.1. The van der Waals surface area contributed by atoms with Gasteiger partial charge in [0.25, 0.3) is 5.69 Å². The molecule has 1 aliphatic rings. The number of non-ortho nitro benzene ring substituents is 1. The summed E-state index contributed by atoms with van der Waals surface area (Å²) in [5, 5.41) is 12.0. The van der Waals surface area contributed by atoms with Crippen molar-refractivity contribution in [1.82, 2.24) is 0 Å². The van der Waals surface area contributed by atoms with Gasteiger partial charge in [-0.1, -0.05) is 29.3 Å². The number of benzene rings is 2. The third-order valence-electron chi connectivity index (χ3n) is 4.19. The monoisotopic (exact) mass is 377 g/mol. The molecule has 1 aliphatic heterocycles. The minimum Gasteiger partial charge on any atom is -0.371 e. The maximum absolute atomic E-state index is 11.1. The number of halogens is 2. The Balaban J connectivity index is 2.01. The number of rotatable bonds is 4. The van der Waals surface area contributed by atoms with Crippen LogP contribution in [0.15, 0.2) is 41.4 Å². The Kier molecular flexibility index (Phi) is 5.56. The number of nitro benzene ring substituents is 1. The summed E-state index contributed by atoms with van der Waals surface area (Å²) in [5.74, 6) is 0. The molecule has 25 heavy (non-hydrogen) atoms. The number of para-hydroxylation sites is 1. The van der Waals surface area contributed by atoms with E-state index in [9.17, 15) is 10.1 Å². The molecule has 2 aromatic rings. The highest BCUT2D eigenvalue weighted by atomic mass is 35.5. The first-order valence-electron chi connectivity index (χ1n) is 8.08. The zero-order chi connectivity index (χ0) is 17.8. The molecule has 1 saturated heterocycles. The Morgan fingerprint density at radius 1 is 1.08 bits per heavy atom. The van der Waals surface area contributed by atoms with Gasteiger partial charge in [0.05, 0.1) is 15.0 Å². The predicted octanol–water partition coefficient (Wildman–Crippen LogP) is 5.64. The molecule has 0 aromatic heterocycles. The molecule has 1 fully saturated rings. The van der Waals surface area contributed by atoms with E-state index in [4.69, 9.17) is 23.2 Å². The van der Waals surface area contributed by atoms with Crippen LogP contribution in [0.3, 0.4) is 0 Å². The van der Waals surface area contributed by atoms with Crippen LogP contribution in [0.2, 0.25) is 10.0 Å². The van der Waals surface area contributed by atoms with Crippen LogP contribution >= 0.6 is 23.2 Å². The van der Waals surface area contributed by atoms with Crippen molar-refractivity contribution in [2.75, 3.05) is 18.0 Å². The molecule has 2 aromatic carbocycles. The Bertz CT molecular complexity index is 798. The van der Waals surface area contributed by atoms with Crippen molar-refractivity contribution in [3.05, 3.63) is 62.1 Å². The van der Waals surface area contributed by atoms with Crippen molar-refractivity contribution in [2.45, 2.75) is 19.3 Å². The second-order valence-corrected chi connectivity index (χ2v) is 6.69. The standard InChI is InChI=1S/C18H17Cl2N3O2/c19-15-5-4-6-16(20)18(15)21-12-13-11-14(23(24)25)7-8-17(13)22-9-2-1-3-10-22/h4-8,11-12H,1-3,9-10H2. The Hall–Kier alpha value is -2.11. The van der Waals surface area contributed by atoms with E-state index >= 15 is 0 Å². The molecule has 7 heteroatoms. The molecule has 0 spiro atoms. The second-order valence-electron chi connectivity index (χ2n) is 5.88. The molecule has 0 unspecified atom stereocenters. The van der Waals surface area contributed by atoms with Crippen molar-refractivity contribution in [3.8, 4) is 0 Å². The fourth-order valence-electron chi connectivity index (χ4n) is 2.93. The van der Waals surface area contributed by atoms with Crippen LogP contribution in [-0.4, -0.2) is 24.2 Å². The van der Waals surface area contributed by atoms with Gasteiger partial charge in [-0.25, -0.2) is 0 Å². The van der Waals surface area contributed by atoms with Crippen LogP contribution in [0.4, 0.5) is 17.1 Å². The summed E-state index contributed by atoms with van der Waals surface area (Å²) >= 11 is 12.3. The van der Waals surface area contributed by atoms with Crippen LogP contribution in [0.1, 0.15) is 24.8 Å². The van der Waals surface area contributed by atoms with Gasteiger partial charge in [0.1, 0.15) is 5.69 Å². The molecular formula is C18H17Cl2N3O2. The minimum atomic E-state index is -0.403. The number of nitrogens with zero attached hydrogens (tertiary/aromatic N) is 3. The molecule has 0 atom stereocenters. The van der Waals surface area contributed by atoms with Crippen molar-refractivity contribution < 1.29 is 4.92 Å². The second kappa shape index (κ2) is 7.85. The van der Waals surface area contributed by atoms with E-state index in [0.29, 0.717) is 21.3 Å². The molecule has 0 aliphatic carbocycles. The molecule has 0 saturated carbocycles. The summed E-state index contributed by atoms with van der Waals surface area (Å²) in [6, 6.07) is 10.0. The largest absolute Gasteiger partial charge is 0.371 e. The number of nitro groups is 1. The summed E-state index contributed by atoms with van der Waals surface area (Å²) in [7, 11) is 0. The van der Waals surface area contributed by atoms with E-state index in [1.807, 2.05) is 0 Å². The molecule has 5 nitrogen and oxygen atoms in total. The Morgan fingerprint density at radius 2 is 1.76 bits per heavy atom. The van der Waals surface area contributed by atoms with Gasteiger partial charge in [0, 0.05) is 42.7 Å². The highest BCUT2D eigenvalue weighted by Gasteiger charge is 2.17. The quantitative estimate of drug-likeness (QED) is 0.393. The van der Waals surface area contributed by atoms with Gasteiger partial charge in [-0.15, -0.1) is 0 Å². The van der Waals surface area contributed by atoms with Gasteiger partial charge in [0.2, 0.25) is 0 Å². The lowest BCUT2D eigenvalue weighted by molar-refractivity contribution is -0.384. The minimum absolute atomic E-state index is 0.0347. The maximum Gasteiger partial charge on any atom is 0.270 e. The van der Waals surface area contributed by atoms with Gasteiger partial charge in [-0.05, 0) is 37.5 Å². The fraction of sp³-hybridized carbons (Fsp3) is 0.278. The highest BCUT2D eigenvalue weighted by molar-refractivity contribution is 6.38. The summed E-state index contributed by atoms with van der Waals surface area (Å²) < 4.78 is 0. The first-order valence-corrected chi connectivity index (χ1v) is 8.83. The maximum atomic E-state index is 11.1. The van der Waals surface area contributed by atoms with Gasteiger partial charge >= 0.3 is 0 Å². The van der Waals surface area contributed by atoms with E-state index in [0.717, 1.165) is 31.6 Å². The Morgan fingerprint density at radius 3 is 2.40 bits per heavy atom. The lowest BCUT2D eigenvalue weighted by atomic mass is 10.1. The SMILES string of the molecule is O=[N+]([O-])c1ccc(N2CCCCC2)c(C=Nc2c(Cl)cccc2Cl)c1. The number of anilines is 1. The Labute approximate surface area is 156 Å². The summed E-state index contributed by atoms with van der Waals surface area (Å²) in [4.78, 5) is 17.4. The lowest BCUT2D eigenvalue weighted by Gasteiger charge is -2.29. The van der Waals surface area contributed by atoms with Gasteiger partial charge < -0.3 is 4.90 Å². The summed E-state index contributed by atoms with van der Waals surface area (Å²) in [6.07, 6.45) is 5.04. The number of piperidine rings is 1. The molecule has 3 rings (SSSR count).